The Morgan fingerprint density at radius 3 is 2.80 bits per heavy atom. The van der Waals surface area contributed by atoms with E-state index in [4.69, 9.17) is 4.74 Å². The van der Waals surface area contributed by atoms with E-state index in [2.05, 4.69) is 17.2 Å². The van der Waals surface area contributed by atoms with Gasteiger partial charge in [0.2, 0.25) is 0 Å². The van der Waals surface area contributed by atoms with Crippen molar-refractivity contribution < 1.29 is 9.53 Å². The molecule has 0 spiro atoms. The van der Waals surface area contributed by atoms with Gasteiger partial charge in [0.25, 0.3) is 0 Å². The third-order valence-corrected chi connectivity index (χ3v) is 2.38. The Balaban J connectivity index is 2.51. The summed E-state index contributed by atoms with van der Waals surface area (Å²) in [6.07, 6.45) is 1.89. The first-order chi connectivity index (χ1) is 6.90. The molecule has 1 N–H and O–H groups in total. The largest absolute Gasteiger partial charge is 0.444 e. The van der Waals surface area contributed by atoms with E-state index in [0.29, 0.717) is 11.6 Å². The zero-order valence-electron chi connectivity index (χ0n) is 9.16. The standard InChI is InChI=1S/C10H15N2O2S/c1-5-7-6-11-8(15-7)12-9(13)14-10(2,3)4/h6H,1,5H2,2-4H3,(H,11,12,13). The van der Waals surface area contributed by atoms with Crippen LogP contribution < -0.4 is 5.32 Å². The fourth-order valence-electron chi connectivity index (χ4n) is 0.872. The third kappa shape index (κ3) is 4.29. The van der Waals surface area contributed by atoms with Gasteiger partial charge in [-0.3, -0.25) is 5.32 Å². The highest BCUT2D eigenvalue weighted by atomic mass is 32.1. The van der Waals surface area contributed by atoms with E-state index in [1.54, 1.807) is 6.20 Å². The van der Waals surface area contributed by atoms with E-state index in [1.165, 1.54) is 11.3 Å². The van der Waals surface area contributed by atoms with Crippen molar-refractivity contribution in [3.63, 3.8) is 0 Å². The van der Waals surface area contributed by atoms with Gasteiger partial charge in [-0.15, -0.1) is 11.3 Å². The maximum Gasteiger partial charge on any atom is 0.413 e. The number of hydrogen-bond acceptors (Lipinski definition) is 4. The summed E-state index contributed by atoms with van der Waals surface area (Å²) in [4.78, 5) is 16.4. The lowest BCUT2D eigenvalue weighted by Crippen LogP contribution is -2.27. The number of ether oxygens (including phenoxy) is 1. The number of hydrogen-bond donors (Lipinski definition) is 1. The highest BCUT2D eigenvalue weighted by molar-refractivity contribution is 7.15. The molecule has 1 aromatic heterocycles. The molecular weight excluding hydrogens is 212 g/mol. The van der Waals surface area contributed by atoms with Crippen LogP contribution >= 0.6 is 11.3 Å². The summed E-state index contributed by atoms with van der Waals surface area (Å²) in [5.74, 6) is 0. The van der Waals surface area contributed by atoms with Crippen LogP contribution in [0.5, 0.6) is 0 Å². The normalized spacial score (nSPS) is 11.2. The Kier molecular flexibility index (Phi) is 3.68. The number of rotatable bonds is 2. The van der Waals surface area contributed by atoms with Crippen LogP contribution in [0.25, 0.3) is 0 Å². The van der Waals surface area contributed by atoms with Crippen molar-refractivity contribution >= 4 is 22.6 Å². The number of nitrogens with one attached hydrogen (secondary N) is 1. The predicted molar refractivity (Wildman–Crippen MR) is 61.0 cm³/mol. The lowest BCUT2D eigenvalue weighted by Gasteiger charge is -2.18. The Hall–Kier alpha value is -1.10. The van der Waals surface area contributed by atoms with Crippen LogP contribution in [0.2, 0.25) is 0 Å². The topological polar surface area (TPSA) is 51.2 Å². The Labute approximate surface area is 93.7 Å². The number of carbonyl (C=O) groups excluding carboxylic acids is 1. The predicted octanol–water partition coefficient (Wildman–Crippen LogP) is 2.87. The van der Waals surface area contributed by atoms with Crippen molar-refractivity contribution in [3.05, 3.63) is 18.0 Å². The summed E-state index contributed by atoms with van der Waals surface area (Å²) >= 11 is 1.40. The lowest BCUT2D eigenvalue weighted by molar-refractivity contribution is 0.0636. The van der Waals surface area contributed by atoms with Crippen molar-refractivity contribution in [2.24, 2.45) is 0 Å². The van der Waals surface area contributed by atoms with Crippen LogP contribution in [-0.2, 0) is 11.2 Å². The minimum absolute atomic E-state index is 0.479. The second-order valence-electron chi connectivity index (χ2n) is 4.01. The molecule has 1 aromatic rings. The molecule has 1 rings (SSSR count). The molecule has 0 aliphatic rings. The smallest absolute Gasteiger partial charge is 0.413 e. The summed E-state index contributed by atoms with van der Waals surface area (Å²) in [7, 11) is 0. The molecule has 15 heavy (non-hydrogen) atoms. The van der Waals surface area contributed by atoms with E-state index in [0.717, 1.165) is 4.88 Å². The number of aromatic nitrogens is 1. The third-order valence-electron chi connectivity index (χ3n) is 1.41. The van der Waals surface area contributed by atoms with Gasteiger partial charge in [-0.25, -0.2) is 9.78 Å². The number of nitrogens with zero attached hydrogens (tertiary/aromatic N) is 1. The minimum Gasteiger partial charge on any atom is -0.444 e. The number of carbonyl (C=O) groups is 1. The van der Waals surface area contributed by atoms with Crippen molar-refractivity contribution in [2.45, 2.75) is 32.8 Å². The first-order valence-electron chi connectivity index (χ1n) is 4.64. The average molecular weight is 227 g/mol. The summed E-state index contributed by atoms with van der Waals surface area (Å²) in [5.41, 5.74) is -0.490. The van der Waals surface area contributed by atoms with Crippen LogP contribution in [0.3, 0.4) is 0 Å². The SMILES string of the molecule is [CH2]Cc1cnc(NC(=O)OC(C)(C)C)s1. The lowest BCUT2D eigenvalue weighted by atomic mass is 10.2. The molecule has 1 heterocycles. The van der Waals surface area contributed by atoms with E-state index < -0.39 is 11.7 Å². The molecule has 0 saturated carbocycles. The number of amides is 1. The quantitative estimate of drug-likeness (QED) is 0.845. The summed E-state index contributed by atoms with van der Waals surface area (Å²) in [6.45, 7) is 9.18. The summed E-state index contributed by atoms with van der Waals surface area (Å²) < 4.78 is 5.09. The summed E-state index contributed by atoms with van der Waals surface area (Å²) in [6, 6.07) is 0. The fraction of sp³-hybridized carbons (Fsp3) is 0.500. The molecule has 0 saturated heterocycles. The second-order valence-corrected chi connectivity index (χ2v) is 5.12. The zero-order valence-corrected chi connectivity index (χ0v) is 9.98. The minimum atomic E-state index is -0.490. The molecule has 0 aliphatic carbocycles. The number of anilines is 1. The van der Waals surface area contributed by atoms with Crippen molar-refractivity contribution in [3.8, 4) is 0 Å². The van der Waals surface area contributed by atoms with Crippen LogP contribution in [0.1, 0.15) is 25.6 Å². The molecule has 1 radical (unpaired) electrons. The maximum atomic E-state index is 11.3. The molecule has 1 amide bonds. The maximum absolute atomic E-state index is 11.3. The van der Waals surface area contributed by atoms with Crippen LogP contribution in [-0.4, -0.2) is 16.7 Å². The van der Waals surface area contributed by atoms with Gasteiger partial charge < -0.3 is 4.74 Å². The first-order valence-corrected chi connectivity index (χ1v) is 5.46. The van der Waals surface area contributed by atoms with Gasteiger partial charge in [0.05, 0.1) is 0 Å². The van der Waals surface area contributed by atoms with E-state index in [1.807, 2.05) is 20.8 Å². The van der Waals surface area contributed by atoms with Gasteiger partial charge in [-0.05, 0) is 34.1 Å². The van der Waals surface area contributed by atoms with E-state index >= 15 is 0 Å². The van der Waals surface area contributed by atoms with Crippen LogP contribution in [0.15, 0.2) is 6.20 Å². The molecule has 0 fully saturated rings. The highest BCUT2D eigenvalue weighted by Gasteiger charge is 2.16. The second kappa shape index (κ2) is 4.61. The molecule has 0 aliphatic heterocycles. The van der Waals surface area contributed by atoms with Crippen molar-refractivity contribution in [1.82, 2.24) is 4.98 Å². The molecule has 83 valence electrons. The van der Waals surface area contributed by atoms with Crippen LogP contribution in [0, 0.1) is 6.92 Å². The molecule has 5 heteroatoms. The molecule has 0 unspecified atom stereocenters. The molecular formula is C10H15N2O2S. The highest BCUT2D eigenvalue weighted by Crippen LogP contribution is 2.19. The molecule has 0 bridgehead atoms. The Morgan fingerprint density at radius 2 is 2.33 bits per heavy atom. The fourth-order valence-corrected chi connectivity index (χ4v) is 1.57. The summed E-state index contributed by atoms with van der Waals surface area (Å²) in [5, 5.41) is 3.12. The first kappa shape index (κ1) is 12.0. The van der Waals surface area contributed by atoms with Gasteiger partial charge in [0.15, 0.2) is 5.13 Å². The molecule has 4 nitrogen and oxygen atoms in total. The van der Waals surface area contributed by atoms with Crippen molar-refractivity contribution in [1.29, 1.82) is 0 Å². The molecule has 0 atom stereocenters. The van der Waals surface area contributed by atoms with Crippen LogP contribution in [0.4, 0.5) is 9.93 Å². The Morgan fingerprint density at radius 1 is 1.67 bits per heavy atom. The van der Waals surface area contributed by atoms with Gasteiger partial charge in [0.1, 0.15) is 5.60 Å². The zero-order chi connectivity index (χ0) is 11.5. The monoisotopic (exact) mass is 227 g/mol. The average Bonchev–Trinajstić information content (AvgIpc) is 2.48. The van der Waals surface area contributed by atoms with Gasteiger partial charge in [0, 0.05) is 11.1 Å². The number of thiazole rings is 1. The van der Waals surface area contributed by atoms with Gasteiger partial charge in [-0.2, -0.15) is 0 Å². The van der Waals surface area contributed by atoms with Crippen molar-refractivity contribution in [2.75, 3.05) is 5.32 Å². The Bertz CT molecular complexity index is 341. The van der Waals surface area contributed by atoms with Gasteiger partial charge in [-0.1, -0.05) is 0 Å². The van der Waals surface area contributed by atoms with E-state index in [9.17, 15) is 4.79 Å². The van der Waals surface area contributed by atoms with E-state index in [-0.39, 0.29) is 0 Å². The molecule has 0 aromatic carbocycles. The van der Waals surface area contributed by atoms with Gasteiger partial charge >= 0.3 is 6.09 Å².